The summed E-state index contributed by atoms with van der Waals surface area (Å²) in [7, 11) is 0. The summed E-state index contributed by atoms with van der Waals surface area (Å²) in [6.45, 7) is 0.704. The van der Waals surface area contributed by atoms with E-state index in [9.17, 15) is 18.7 Å². The van der Waals surface area contributed by atoms with E-state index in [1.807, 2.05) is 6.92 Å². The van der Waals surface area contributed by atoms with E-state index < -0.39 is 18.1 Å². The molecule has 0 aromatic heterocycles. The summed E-state index contributed by atoms with van der Waals surface area (Å²) >= 11 is 0. The molecule has 1 rings (SSSR count). The van der Waals surface area contributed by atoms with Crippen molar-refractivity contribution in [3.63, 3.8) is 0 Å². The smallest absolute Gasteiger partial charge is 0.387 e. The number of aliphatic carboxylic acids is 1. The molecule has 6 heteroatoms. The van der Waals surface area contributed by atoms with Crippen molar-refractivity contribution in [3.8, 4) is 5.75 Å². The van der Waals surface area contributed by atoms with Gasteiger partial charge < -0.3 is 9.84 Å². The average molecular weight is 287 g/mol. The summed E-state index contributed by atoms with van der Waals surface area (Å²) in [6.07, 6.45) is 1.14. The third-order valence-corrected chi connectivity index (χ3v) is 3.08. The molecule has 1 unspecified atom stereocenters. The van der Waals surface area contributed by atoms with Crippen molar-refractivity contribution in [1.29, 1.82) is 0 Å². The van der Waals surface area contributed by atoms with Crippen LogP contribution in [-0.2, 0) is 11.3 Å². The van der Waals surface area contributed by atoms with Crippen LogP contribution in [0.25, 0.3) is 0 Å². The Morgan fingerprint density at radius 3 is 2.65 bits per heavy atom. The van der Waals surface area contributed by atoms with E-state index in [2.05, 4.69) is 10.1 Å². The molecule has 0 aliphatic heterocycles. The van der Waals surface area contributed by atoms with E-state index in [1.165, 1.54) is 6.07 Å². The summed E-state index contributed by atoms with van der Waals surface area (Å²) in [5.74, 6) is -0.911. The molecule has 0 aliphatic carbocycles. The van der Waals surface area contributed by atoms with Gasteiger partial charge in [0.2, 0.25) is 0 Å². The lowest BCUT2D eigenvalue weighted by molar-refractivity contribution is -0.144. The molecule has 0 aliphatic rings. The van der Waals surface area contributed by atoms with Gasteiger partial charge in [0.05, 0.1) is 0 Å². The molecule has 1 aromatic rings. The zero-order valence-electron chi connectivity index (χ0n) is 11.5. The first-order chi connectivity index (χ1) is 9.39. The second-order valence-electron chi connectivity index (χ2n) is 4.73. The highest BCUT2D eigenvalue weighted by Gasteiger charge is 2.31. The van der Waals surface area contributed by atoms with Crippen molar-refractivity contribution in [2.45, 2.75) is 45.4 Å². The van der Waals surface area contributed by atoms with Gasteiger partial charge in [0.25, 0.3) is 0 Å². The minimum Gasteiger partial charge on any atom is -0.480 e. The maximum atomic E-state index is 12.3. The molecule has 0 amide bonds. The van der Waals surface area contributed by atoms with Crippen molar-refractivity contribution in [3.05, 3.63) is 29.8 Å². The predicted molar refractivity (Wildman–Crippen MR) is 70.9 cm³/mol. The first-order valence-electron chi connectivity index (χ1n) is 6.40. The SMILES string of the molecule is CCCC(C)(NCc1ccccc1OC(F)F)C(=O)O. The molecule has 1 atom stereocenters. The van der Waals surface area contributed by atoms with Crippen LogP contribution in [0, 0.1) is 0 Å². The molecule has 0 bridgehead atoms. The van der Waals surface area contributed by atoms with Crippen LogP contribution in [-0.4, -0.2) is 23.2 Å². The summed E-state index contributed by atoms with van der Waals surface area (Å²) in [5, 5.41) is 12.1. The largest absolute Gasteiger partial charge is 0.480 e. The Morgan fingerprint density at radius 1 is 1.45 bits per heavy atom. The van der Waals surface area contributed by atoms with Gasteiger partial charge in [0, 0.05) is 12.1 Å². The minimum atomic E-state index is -2.90. The highest BCUT2D eigenvalue weighted by Crippen LogP contribution is 2.22. The monoisotopic (exact) mass is 287 g/mol. The Bertz CT molecular complexity index is 454. The number of hydrogen-bond acceptors (Lipinski definition) is 3. The molecule has 1 aromatic carbocycles. The van der Waals surface area contributed by atoms with E-state index in [1.54, 1.807) is 25.1 Å². The van der Waals surface area contributed by atoms with Crippen molar-refractivity contribution in [1.82, 2.24) is 5.32 Å². The minimum absolute atomic E-state index is 0.0548. The molecule has 0 heterocycles. The summed E-state index contributed by atoms with van der Waals surface area (Å²) < 4.78 is 29.0. The number of carboxylic acids is 1. The number of rotatable bonds is 8. The fourth-order valence-electron chi connectivity index (χ4n) is 1.92. The average Bonchev–Trinajstić information content (AvgIpc) is 2.37. The van der Waals surface area contributed by atoms with Crippen LogP contribution in [0.5, 0.6) is 5.75 Å². The third kappa shape index (κ3) is 4.45. The van der Waals surface area contributed by atoms with Crippen LogP contribution in [0.15, 0.2) is 24.3 Å². The number of ether oxygens (including phenoxy) is 1. The van der Waals surface area contributed by atoms with Gasteiger partial charge in [-0.05, 0) is 19.4 Å². The molecule has 0 fully saturated rings. The van der Waals surface area contributed by atoms with Gasteiger partial charge >= 0.3 is 12.6 Å². The molecule has 0 saturated heterocycles. The van der Waals surface area contributed by atoms with Crippen LogP contribution in [0.2, 0.25) is 0 Å². The first kappa shape index (κ1) is 16.4. The third-order valence-electron chi connectivity index (χ3n) is 3.08. The van der Waals surface area contributed by atoms with Crippen LogP contribution in [0.4, 0.5) is 8.78 Å². The fourth-order valence-corrected chi connectivity index (χ4v) is 1.92. The van der Waals surface area contributed by atoms with E-state index >= 15 is 0 Å². The molecule has 0 radical (unpaired) electrons. The summed E-state index contributed by atoms with van der Waals surface area (Å²) in [4.78, 5) is 11.3. The normalized spacial score (nSPS) is 14.1. The fraction of sp³-hybridized carbons (Fsp3) is 0.500. The zero-order chi connectivity index (χ0) is 15.2. The molecule has 112 valence electrons. The number of carbonyl (C=O) groups is 1. The van der Waals surface area contributed by atoms with Crippen molar-refractivity contribution < 1.29 is 23.4 Å². The van der Waals surface area contributed by atoms with Gasteiger partial charge in [-0.25, -0.2) is 0 Å². The molecular weight excluding hydrogens is 268 g/mol. The molecule has 0 saturated carbocycles. The van der Waals surface area contributed by atoms with Gasteiger partial charge in [-0.2, -0.15) is 8.78 Å². The second-order valence-corrected chi connectivity index (χ2v) is 4.73. The maximum Gasteiger partial charge on any atom is 0.387 e. The maximum absolute atomic E-state index is 12.3. The zero-order valence-corrected chi connectivity index (χ0v) is 11.5. The Morgan fingerprint density at radius 2 is 2.10 bits per heavy atom. The molecule has 2 N–H and O–H groups in total. The van der Waals surface area contributed by atoms with Crippen molar-refractivity contribution in [2.75, 3.05) is 0 Å². The summed E-state index contributed by atoms with van der Waals surface area (Å²) in [6, 6.07) is 6.33. The van der Waals surface area contributed by atoms with Gasteiger partial charge in [0.15, 0.2) is 0 Å². The van der Waals surface area contributed by atoms with E-state index in [-0.39, 0.29) is 12.3 Å². The van der Waals surface area contributed by atoms with Crippen LogP contribution in [0.3, 0.4) is 0 Å². The number of carboxylic acid groups (broad SMARTS) is 1. The Hall–Kier alpha value is -1.69. The predicted octanol–water partition coefficient (Wildman–Crippen LogP) is 3.02. The molecule has 20 heavy (non-hydrogen) atoms. The topological polar surface area (TPSA) is 58.6 Å². The van der Waals surface area contributed by atoms with Gasteiger partial charge in [-0.15, -0.1) is 0 Å². The van der Waals surface area contributed by atoms with Crippen LogP contribution >= 0.6 is 0 Å². The molecular formula is C14H19F2NO3. The van der Waals surface area contributed by atoms with Gasteiger partial charge in [-0.1, -0.05) is 31.5 Å². The number of nitrogens with one attached hydrogen (secondary N) is 1. The number of alkyl halides is 2. The van der Waals surface area contributed by atoms with Crippen LogP contribution in [0.1, 0.15) is 32.3 Å². The van der Waals surface area contributed by atoms with Crippen molar-refractivity contribution >= 4 is 5.97 Å². The quantitative estimate of drug-likeness (QED) is 0.771. The van der Waals surface area contributed by atoms with Gasteiger partial charge in [0.1, 0.15) is 11.3 Å². The Balaban J connectivity index is 2.80. The van der Waals surface area contributed by atoms with E-state index in [4.69, 9.17) is 0 Å². The summed E-state index contributed by atoms with van der Waals surface area (Å²) in [5.41, 5.74) is -0.594. The van der Waals surface area contributed by atoms with E-state index in [0.717, 1.165) is 0 Å². The number of hydrogen-bond donors (Lipinski definition) is 2. The molecule has 0 spiro atoms. The second kappa shape index (κ2) is 7.19. The van der Waals surface area contributed by atoms with Gasteiger partial charge in [-0.3, -0.25) is 10.1 Å². The number of benzene rings is 1. The van der Waals surface area contributed by atoms with Crippen molar-refractivity contribution in [2.24, 2.45) is 0 Å². The Kier molecular flexibility index (Phi) is 5.88. The lowest BCUT2D eigenvalue weighted by Gasteiger charge is -2.26. The number of para-hydroxylation sites is 1. The lowest BCUT2D eigenvalue weighted by Crippen LogP contribution is -2.48. The highest BCUT2D eigenvalue weighted by atomic mass is 19.3. The molecule has 4 nitrogen and oxygen atoms in total. The number of halogens is 2. The Labute approximate surface area is 116 Å². The first-order valence-corrected chi connectivity index (χ1v) is 6.40. The van der Waals surface area contributed by atoms with Crippen LogP contribution < -0.4 is 10.1 Å². The lowest BCUT2D eigenvalue weighted by atomic mass is 9.96. The van der Waals surface area contributed by atoms with E-state index in [0.29, 0.717) is 18.4 Å². The standard InChI is InChI=1S/C14H19F2NO3/c1-3-8-14(2,12(18)19)17-9-10-6-4-5-7-11(10)20-13(15)16/h4-7,13,17H,3,8-9H2,1-2H3,(H,18,19). The highest BCUT2D eigenvalue weighted by molar-refractivity contribution is 5.78.